The first-order valence-corrected chi connectivity index (χ1v) is 8.00. The summed E-state index contributed by atoms with van der Waals surface area (Å²) in [5, 5.41) is 9.65. The van der Waals surface area contributed by atoms with Gasteiger partial charge in [0.2, 0.25) is 0 Å². The Balaban J connectivity index is 2.32. The van der Waals surface area contributed by atoms with Gasteiger partial charge < -0.3 is 14.6 Å². The summed E-state index contributed by atoms with van der Waals surface area (Å²) >= 11 is 1.28. The number of nitrogens with zero attached hydrogens (tertiary/aromatic N) is 3. The molecular weight excluding hydrogens is 286 g/mol. The number of carboxylic acids is 1. The Hall–Kier alpha value is -1.53. The number of carbonyl (C=O) groups is 1. The molecule has 0 radical (unpaired) electrons. The molecule has 1 aromatic heterocycles. The highest BCUT2D eigenvalue weighted by atomic mass is 32.2. The van der Waals surface area contributed by atoms with Crippen molar-refractivity contribution in [1.82, 2.24) is 14.5 Å². The van der Waals surface area contributed by atoms with Crippen LogP contribution < -0.4 is 0 Å². The van der Waals surface area contributed by atoms with Gasteiger partial charge in [0.25, 0.3) is 0 Å². The standard InChI is InChI=1S/C15H21N3O2S/c1-4-17(3)7-8-18-13-6-5-11(2)9-12(13)16-15(18)21-10-14(19)20/h5-6,9H,4,7-8,10H2,1-3H3,(H,19,20). The van der Waals surface area contributed by atoms with Gasteiger partial charge in [-0.25, -0.2) is 4.98 Å². The van der Waals surface area contributed by atoms with Crippen LogP contribution in [0.2, 0.25) is 0 Å². The summed E-state index contributed by atoms with van der Waals surface area (Å²) in [5.74, 6) is -0.785. The van der Waals surface area contributed by atoms with Crippen molar-refractivity contribution in [3.8, 4) is 0 Å². The van der Waals surface area contributed by atoms with Gasteiger partial charge in [-0.1, -0.05) is 24.8 Å². The summed E-state index contributed by atoms with van der Waals surface area (Å²) in [4.78, 5) is 17.6. The van der Waals surface area contributed by atoms with E-state index in [4.69, 9.17) is 5.11 Å². The predicted molar refractivity (Wildman–Crippen MR) is 86.0 cm³/mol. The average molecular weight is 307 g/mol. The van der Waals surface area contributed by atoms with E-state index in [0.717, 1.165) is 41.4 Å². The number of aliphatic carboxylic acids is 1. The third-order valence-electron chi connectivity index (χ3n) is 3.44. The number of benzene rings is 1. The quantitative estimate of drug-likeness (QED) is 0.796. The fraction of sp³-hybridized carbons (Fsp3) is 0.467. The van der Waals surface area contributed by atoms with E-state index in [-0.39, 0.29) is 5.75 Å². The van der Waals surface area contributed by atoms with Gasteiger partial charge in [0.05, 0.1) is 16.8 Å². The topological polar surface area (TPSA) is 58.4 Å². The number of carboxylic acid groups (broad SMARTS) is 1. The number of hydrogen-bond acceptors (Lipinski definition) is 4. The SMILES string of the molecule is CCN(C)CCn1c(SCC(=O)O)nc2cc(C)ccc21. The molecule has 2 rings (SSSR count). The van der Waals surface area contributed by atoms with E-state index in [0.29, 0.717) is 0 Å². The fourth-order valence-electron chi connectivity index (χ4n) is 2.10. The highest BCUT2D eigenvalue weighted by Gasteiger charge is 2.13. The number of imidazole rings is 1. The van der Waals surface area contributed by atoms with E-state index in [1.807, 2.05) is 13.0 Å². The first-order valence-electron chi connectivity index (χ1n) is 7.01. The Morgan fingerprint density at radius 2 is 2.24 bits per heavy atom. The second kappa shape index (κ2) is 6.95. The zero-order chi connectivity index (χ0) is 15.4. The molecule has 0 spiro atoms. The van der Waals surface area contributed by atoms with E-state index >= 15 is 0 Å². The van der Waals surface area contributed by atoms with Gasteiger partial charge in [-0.3, -0.25) is 4.79 Å². The number of rotatable bonds is 7. The molecule has 2 aromatic rings. The average Bonchev–Trinajstić information content (AvgIpc) is 2.79. The van der Waals surface area contributed by atoms with Gasteiger partial charge >= 0.3 is 5.97 Å². The molecule has 1 aromatic carbocycles. The van der Waals surface area contributed by atoms with E-state index in [9.17, 15) is 4.79 Å². The highest BCUT2D eigenvalue weighted by Crippen LogP contribution is 2.24. The summed E-state index contributed by atoms with van der Waals surface area (Å²) in [5.41, 5.74) is 3.16. The molecule has 1 N–H and O–H groups in total. The number of thioether (sulfide) groups is 1. The Morgan fingerprint density at radius 3 is 2.90 bits per heavy atom. The number of hydrogen-bond donors (Lipinski definition) is 1. The largest absolute Gasteiger partial charge is 0.481 e. The maximum Gasteiger partial charge on any atom is 0.313 e. The number of aryl methyl sites for hydroxylation is 1. The second-order valence-electron chi connectivity index (χ2n) is 5.12. The van der Waals surface area contributed by atoms with Gasteiger partial charge in [-0.2, -0.15) is 0 Å². The van der Waals surface area contributed by atoms with E-state index in [2.05, 4.69) is 40.6 Å². The molecule has 114 valence electrons. The van der Waals surface area contributed by atoms with Crippen molar-refractivity contribution in [3.63, 3.8) is 0 Å². The van der Waals surface area contributed by atoms with Gasteiger partial charge in [0.1, 0.15) is 0 Å². The molecule has 0 aliphatic carbocycles. The fourth-order valence-corrected chi connectivity index (χ4v) is 2.86. The van der Waals surface area contributed by atoms with Crippen molar-refractivity contribution in [3.05, 3.63) is 23.8 Å². The lowest BCUT2D eigenvalue weighted by Crippen LogP contribution is -2.23. The van der Waals surface area contributed by atoms with Crippen LogP contribution >= 0.6 is 11.8 Å². The van der Waals surface area contributed by atoms with E-state index in [1.54, 1.807) is 0 Å². The number of likely N-dealkylation sites (N-methyl/N-ethyl adjacent to an activating group) is 1. The zero-order valence-electron chi connectivity index (χ0n) is 12.7. The predicted octanol–water partition coefficient (Wildman–Crippen LogP) is 2.47. The molecule has 0 amide bonds. The minimum atomic E-state index is -0.819. The molecule has 0 saturated heterocycles. The van der Waals surface area contributed by atoms with Crippen LogP contribution in [0.4, 0.5) is 0 Å². The molecule has 1 heterocycles. The lowest BCUT2D eigenvalue weighted by Gasteiger charge is -2.15. The molecule has 21 heavy (non-hydrogen) atoms. The highest BCUT2D eigenvalue weighted by molar-refractivity contribution is 7.99. The molecule has 0 unspecified atom stereocenters. The van der Waals surface area contributed by atoms with Gasteiger partial charge in [0.15, 0.2) is 5.16 Å². The van der Waals surface area contributed by atoms with Crippen molar-refractivity contribution >= 4 is 28.8 Å². The smallest absolute Gasteiger partial charge is 0.313 e. The molecule has 0 fully saturated rings. The van der Waals surface area contributed by atoms with Crippen LogP contribution in [0.3, 0.4) is 0 Å². The first-order chi connectivity index (χ1) is 10.0. The Kier molecular flexibility index (Phi) is 5.25. The van der Waals surface area contributed by atoms with Crippen molar-refractivity contribution in [1.29, 1.82) is 0 Å². The van der Waals surface area contributed by atoms with Crippen LogP contribution in [0.5, 0.6) is 0 Å². The zero-order valence-corrected chi connectivity index (χ0v) is 13.5. The Morgan fingerprint density at radius 1 is 1.48 bits per heavy atom. The van der Waals surface area contributed by atoms with Crippen LogP contribution in [-0.4, -0.2) is 51.4 Å². The number of fused-ring (bicyclic) bond motifs is 1. The summed E-state index contributed by atoms with van der Waals surface area (Å²) < 4.78 is 2.12. The minimum absolute atomic E-state index is 0.0337. The second-order valence-corrected chi connectivity index (χ2v) is 6.06. The number of aromatic nitrogens is 2. The van der Waals surface area contributed by atoms with Crippen molar-refractivity contribution in [2.24, 2.45) is 0 Å². The lowest BCUT2D eigenvalue weighted by molar-refractivity contribution is -0.133. The molecule has 0 aliphatic rings. The third kappa shape index (κ3) is 3.98. The lowest BCUT2D eigenvalue weighted by atomic mass is 10.2. The Bertz CT molecular complexity index is 639. The molecular formula is C15H21N3O2S. The molecule has 0 saturated carbocycles. The molecule has 5 nitrogen and oxygen atoms in total. The first kappa shape index (κ1) is 15.9. The summed E-state index contributed by atoms with van der Waals surface area (Å²) in [6.07, 6.45) is 0. The van der Waals surface area contributed by atoms with E-state index < -0.39 is 5.97 Å². The van der Waals surface area contributed by atoms with E-state index in [1.165, 1.54) is 11.8 Å². The molecule has 6 heteroatoms. The van der Waals surface area contributed by atoms with Crippen molar-refractivity contribution in [2.75, 3.05) is 25.9 Å². The summed E-state index contributed by atoms with van der Waals surface area (Å²) in [7, 11) is 2.08. The summed E-state index contributed by atoms with van der Waals surface area (Å²) in [6.45, 7) is 6.87. The monoisotopic (exact) mass is 307 g/mol. The van der Waals surface area contributed by atoms with Crippen molar-refractivity contribution in [2.45, 2.75) is 25.5 Å². The van der Waals surface area contributed by atoms with Crippen LogP contribution in [-0.2, 0) is 11.3 Å². The van der Waals surface area contributed by atoms with Crippen LogP contribution in [0.15, 0.2) is 23.4 Å². The maximum absolute atomic E-state index is 10.8. The van der Waals surface area contributed by atoms with Crippen LogP contribution in [0.25, 0.3) is 11.0 Å². The van der Waals surface area contributed by atoms with Gasteiger partial charge in [-0.05, 0) is 38.2 Å². The summed E-state index contributed by atoms with van der Waals surface area (Å²) in [6, 6.07) is 6.17. The van der Waals surface area contributed by atoms with Gasteiger partial charge in [-0.15, -0.1) is 0 Å². The van der Waals surface area contributed by atoms with Crippen molar-refractivity contribution < 1.29 is 9.90 Å². The molecule has 0 bridgehead atoms. The van der Waals surface area contributed by atoms with Crippen LogP contribution in [0.1, 0.15) is 12.5 Å². The third-order valence-corrected chi connectivity index (χ3v) is 4.40. The minimum Gasteiger partial charge on any atom is -0.481 e. The van der Waals surface area contributed by atoms with Crippen LogP contribution in [0, 0.1) is 6.92 Å². The maximum atomic E-state index is 10.8. The normalized spacial score (nSPS) is 11.4. The van der Waals surface area contributed by atoms with Gasteiger partial charge in [0, 0.05) is 13.1 Å². The molecule has 0 aliphatic heterocycles. The Labute approximate surface area is 129 Å². The molecule has 0 atom stereocenters.